The van der Waals surface area contributed by atoms with Crippen LogP contribution in [0.2, 0.25) is 0 Å². The molecule has 1 saturated heterocycles. The van der Waals surface area contributed by atoms with Crippen LogP contribution in [0.1, 0.15) is 12.5 Å². The Hall–Kier alpha value is -2.04. The van der Waals surface area contributed by atoms with Crippen molar-refractivity contribution >= 4 is 11.8 Å². The van der Waals surface area contributed by atoms with Crippen LogP contribution in [0.3, 0.4) is 0 Å². The summed E-state index contributed by atoms with van der Waals surface area (Å²) in [6.07, 6.45) is 0.307. The summed E-state index contributed by atoms with van der Waals surface area (Å²) in [5.41, 5.74) is 0.920. The smallest absolute Gasteiger partial charge is 0.242 e. The average molecular weight is 262 g/mol. The van der Waals surface area contributed by atoms with Crippen LogP contribution in [0.25, 0.3) is 0 Å². The van der Waals surface area contributed by atoms with Gasteiger partial charge in [-0.1, -0.05) is 12.1 Å². The highest BCUT2D eigenvalue weighted by molar-refractivity contribution is 5.89. The topological polar surface area (TPSA) is 58.6 Å². The van der Waals surface area contributed by atoms with Crippen molar-refractivity contribution in [2.45, 2.75) is 19.4 Å². The number of rotatable bonds is 3. The predicted octanol–water partition coefficient (Wildman–Crippen LogP) is 0.585. The monoisotopic (exact) mass is 262 g/mol. The third kappa shape index (κ3) is 3.05. The summed E-state index contributed by atoms with van der Waals surface area (Å²) in [5.74, 6) is 0.656. The number of ether oxygens (including phenoxy) is 1. The molecule has 5 nitrogen and oxygen atoms in total. The summed E-state index contributed by atoms with van der Waals surface area (Å²) >= 11 is 0. The molecule has 0 aromatic heterocycles. The molecule has 0 saturated carbocycles. The van der Waals surface area contributed by atoms with Gasteiger partial charge in [0.2, 0.25) is 11.8 Å². The number of benzene rings is 1. The number of carbonyl (C=O) groups excluding carboxylic acids is 2. The summed E-state index contributed by atoms with van der Waals surface area (Å²) in [4.78, 5) is 25.3. The second kappa shape index (κ2) is 5.73. The van der Waals surface area contributed by atoms with Crippen LogP contribution in [-0.2, 0) is 16.0 Å². The maximum absolute atomic E-state index is 12.2. The molecule has 19 heavy (non-hydrogen) atoms. The lowest BCUT2D eigenvalue weighted by Crippen LogP contribution is -2.56. The maximum Gasteiger partial charge on any atom is 0.242 e. The Kier molecular flexibility index (Phi) is 4.04. The van der Waals surface area contributed by atoms with E-state index in [1.807, 2.05) is 24.3 Å². The van der Waals surface area contributed by atoms with E-state index in [9.17, 15) is 9.59 Å². The van der Waals surface area contributed by atoms with Crippen LogP contribution >= 0.6 is 0 Å². The summed E-state index contributed by atoms with van der Waals surface area (Å²) in [6, 6.07) is 7.00. The van der Waals surface area contributed by atoms with E-state index in [2.05, 4.69) is 5.32 Å². The van der Waals surface area contributed by atoms with Gasteiger partial charge in [0.05, 0.1) is 13.5 Å². The molecule has 1 aromatic carbocycles. The Bertz CT molecular complexity index is 470. The Morgan fingerprint density at radius 2 is 2.11 bits per heavy atom. The van der Waals surface area contributed by atoms with E-state index in [-0.39, 0.29) is 17.9 Å². The van der Waals surface area contributed by atoms with Crippen LogP contribution in [0.15, 0.2) is 24.3 Å². The van der Waals surface area contributed by atoms with Gasteiger partial charge < -0.3 is 15.0 Å². The molecule has 1 aromatic rings. The number of nitrogens with zero attached hydrogens (tertiary/aromatic N) is 1. The third-order valence-electron chi connectivity index (χ3n) is 3.33. The Balaban J connectivity index is 2.01. The SMILES string of the molecule is COc1ccc(CC(=O)N2CCNC(=O)C2C)cc1. The molecule has 1 heterocycles. The molecule has 5 heteroatoms. The number of hydrogen-bond acceptors (Lipinski definition) is 3. The Morgan fingerprint density at radius 3 is 2.74 bits per heavy atom. The predicted molar refractivity (Wildman–Crippen MR) is 70.9 cm³/mol. The fourth-order valence-electron chi connectivity index (χ4n) is 2.14. The van der Waals surface area contributed by atoms with Gasteiger partial charge in [-0.2, -0.15) is 0 Å². The summed E-state index contributed by atoms with van der Waals surface area (Å²) < 4.78 is 5.07. The number of hydrogen-bond donors (Lipinski definition) is 1. The highest BCUT2D eigenvalue weighted by Crippen LogP contribution is 2.13. The Labute approximate surface area is 112 Å². The zero-order valence-corrected chi connectivity index (χ0v) is 11.2. The van der Waals surface area contributed by atoms with Gasteiger partial charge in [-0.05, 0) is 24.6 Å². The molecule has 1 atom stereocenters. The van der Waals surface area contributed by atoms with E-state index in [1.54, 1.807) is 18.9 Å². The molecule has 102 valence electrons. The molecule has 1 aliphatic rings. The highest BCUT2D eigenvalue weighted by atomic mass is 16.5. The largest absolute Gasteiger partial charge is 0.497 e. The Morgan fingerprint density at radius 1 is 1.42 bits per heavy atom. The number of methoxy groups -OCH3 is 1. The second-order valence-electron chi connectivity index (χ2n) is 4.58. The zero-order chi connectivity index (χ0) is 13.8. The molecule has 0 aliphatic carbocycles. The standard InChI is InChI=1S/C14H18N2O3/c1-10-14(18)15-7-8-16(10)13(17)9-11-3-5-12(19-2)6-4-11/h3-6,10H,7-9H2,1-2H3,(H,15,18). The van der Waals surface area contributed by atoms with Gasteiger partial charge in [-0.25, -0.2) is 0 Å². The molecular weight excluding hydrogens is 244 g/mol. The molecule has 1 unspecified atom stereocenters. The van der Waals surface area contributed by atoms with Crippen LogP contribution in [-0.4, -0.2) is 43.0 Å². The van der Waals surface area contributed by atoms with Crippen molar-refractivity contribution in [1.82, 2.24) is 10.2 Å². The average Bonchev–Trinajstić information content (AvgIpc) is 2.42. The van der Waals surface area contributed by atoms with Crippen LogP contribution in [0, 0.1) is 0 Å². The van der Waals surface area contributed by atoms with E-state index in [1.165, 1.54) is 0 Å². The van der Waals surface area contributed by atoms with Crippen molar-refractivity contribution in [3.05, 3.63) is 29.8 Å². The van der Waals surface area contributed by atoms with Gasteiger partial charge in [-0.3, -0.25) is 9.59 Å². The van der Waals surface area contributed by atoms with Gasteiger partial charge in [0, 0.05) is 13.1 Å². The van der Waals surface area contributed by atoms with Gasteiger partial charge in [0.15, 0.2) is 0 Å². The van der Waals surface area contributed by atoms with Crippen molar-refractivity contribution in [3.63, 3.8) is 0 Å². The van der Waals surface area contributed by atoms with E-state index in [4.69, 9.17) is 4.74 Å². The van der Waals surface area contributed by atoms with Crippen molar-refractivity contribution in [2.75, 3.05) is 20.2 Å². The molecule has 1 aliphatic heterocycles. The number of carbonyl (C=O) groups is 2. The first-order valence-corrected chi connectivity index (χ1v) is 6.32. The van der Waals surface area contributed by atoms with Gasteiger partial charge in [-0.15, -0.1) is 0 Å². The van der Waals surface area contributed by atoms with Crippen LogP contribution < -0.4 is 10.1 Å². The highest BCUT2D eigenvalue weighted by Gasteiger charge is 2.28. The third-order valence-corrected chi connectivity index (χ3v) is 3.33. The second-order valence-corrected chi connectivity index (χ2v) is 4.58. The van der Waals surface area contributed by atoms with Gasteiger partial charge in [0.25, 0.3) is 0 Å². The summed E-state index contributed by atoms with van der Waals surface area (Å²) in [7, 11) is 1.61. The first kappa shape index (κ1) is 13.4. The molecule has 0 radical (unpaired) electrons. The lowest BCUT2D eigenvalue weighted by molar-refractivity contribution is -0.142. The van der Waals surface area contributed by atoms with E-state index < -0.39 is 0 Å². The van der Waals surface area contributed by atoms with E-state index in [0.717, 1.165) is 11.3 Å². The number of piperazine rings is 1. The fraction of sp³-hybridized carbons (Fsp3) is 0.429. The van der Waals surface area contributed by atoms with Crippen LogP contribution in [0.5, 0.6) is 5.75 Å². The van der Waals surface area contributed by atoms with Crippen molar-refractivity contribution in [2.24, 2.45) is 0 Å². The van der Waals surface area contributed by atoms with Crippen molar-refractivity contribution < 1.29 is 14.3 Å². The first-order chi connectivity index (χ1) is 9.11. The summed E-state index contributed by atoms with van der Waals surface area (Å²) in [5, 5.41) is 2.75. The minimum atomic E-state index is -0.389. The van der Waals surface area contributed by atoms with Crippen molar-refractivity contribution in [3.8, 4) is 5.75 Å². The van der Waals surface area contributed by atoms with Crippen LogP contribution in [0.4, 0.5) is 0 Å². The molecule has 0 bridgehead atoms. The van der Waals surface area contributed by atoms with E-state index >= 15 is 0 Å². The van der Waals surface area contributed by atoms with Gasteiger partial charge >= 0.3 is 0 Å². The zero-order valence-electron chi connectivity index (χ0n) is 11.2. The summed E-state index contributed by atoms with van der Waals surface area (Å²) in [6.45, 7) is 2.85. The number of nitrogens with one attached hydrogen (secondary N) is 1. The van der Waals surface area contributed by atoms with Crippen molar-refractivity contribution in [1.29, 1.82) is 0 Å². The number of amides is 2. The molecule has 1 N–H and O–H groups in total. The lowest BCUT2D eigenvalue weighted by atomic mass is 10.1. The lowest BCUT2D eigenvalue weighted by Gasteiger charge is -2.32. The molecule has 0 spiro atoms. The minimum Gasteiger partial charge on any atom is -0.497 e. The molecule has 2 rings (SSSR count). The maximum atomic E-state index is 12.2. The fourth-order valence-corrected chi connectivity index (χ4v) is 2.14. The molecule has 2 amide bonds. The van der Waals surface area contributed by atoms with E-state index in [0.29, 0.717) is 19.5 Å². The quantitative estimate of drug-likeness (QED) is 0.867. The molecule has 1 fully saturated rings. The first-order valence-electron chi connectivity index (χ1n) is 6.32. The molecular formula is C14H18N2O3. The van der Waals surface area contributed by atoms with Gasteiger partial charge in [0.1, 0.15) is 11.8 Å². The minimum absolute atomic E-state index is 0.0208. The normalized spacial score (nSPS) is 18.9.